The Labute approximate surface area is 119 Å². The molecule has 11 heteroatoms. The summed E-state index contributed by atoms with van der Waals surface area (Å²) < 4.78 is 26.6. The van der Waals surface area contributed by atoms with Crippen molar-refractivity contribution in [2.24, 2.45) is 0 Å². The molecule has 106 valence electrons. The van der Waals surface area contributed by atoms with E-state index in [1.165, 1.54) is 7.05 Å². The molecule has 8 nitrogen and oxygen atoms in total. The van der Waals surface area contributed by atoms with Crippen LogP contribution < -0.4 is 4.72 Å². The average molecular weight is 329 g/mol. The molecule has 0 aliphatic rings. The van der Waals surface area contributed by atoms with E-state index in [2.05, 4.69) is 14.7 Å². The zero-order valence-electron chi connectivity index (χ0n) is 9.67. The largest absolute Gasteiger partial charge is 0.481 e. The number of nitrogens with one attached hydrogen (secondary N) is 1. The number of halogens is 2. The Bertz CT molecular complexity index is 580. The lowest BCUT2D eigenvalue weighted by molar-refractivity contribution is -0.137. The molecule has 0 radical (unpaired) electrons. The average Bonchev–Trinajstić information content (AvgIpc) is 2.31. The van der Waals surface area contributed by atoms with Crippen molar-refractivity contribution < 1.29 is 18.3 Å². The highest BCUT2D eigenvalue weighted by Gasteiger charge is 2.21. The summed E-state index contributed by atoms with van der Waals surface area (Å²) in [6.45, 7) is -0.193. The van der Waals surface area contributed by atoms with Gasteiger partial charge in [-0.1, -0.05) is 23.2 Å². The van der Waals surface area contributed by atoms with E-state index in [1.807, 2.05) is 0 Å². The van der Waals surface area contributed by atoms with E-state index in [0.29, 0.717) is 0 Å². The third-order valence-electron chi connectivity index (χ3n) is 2.02. The van der Waals surface area contributed by atoms with Gasteiger partial charge >= 0.3 is 16.2 Å². The number of carbonyl (C=O) groups is 1. The summed E-state index contributed by atoms with van der Waals surface area (Å²) in [5.41, 5.74) is 0. The lowest BCUT2D eigenvalue weighted by atomic mass is 10.4. The van der Waals surface area contributed by atoms with Crippen molar-refractivity contribution in [2.45, 2.75) is 6.42 Å². The highest BCUT2D eigenvalue weighted by Crippen LogP contribution is 2.26. The Morgan fingerprint density at radius 2 is 2.11 bits per heavy atom. The van der Waals surface area contributed by atoms with E-state index in [0.717, 1.165) is 10.6 Å². The molecule has 0 aliphatic carbocycles. The second-order valence-corrected chi connectivity index (χ2v) is 5.91. The standard InChI is InChI=1S/C8H10Cl2N4O4S/c1-14(3-2-5(15)16)19(17,18)13-8-6(9)7(10)11-4-12-8/h4H,2-3H2,1H3,(H,15,16)(H,11,12,13). The molecule has 0 spiro atoms. The molecule has 0 amide bonds. The molecule has 0 aromatic carbocycles. The van der Waals surface area contributed by atoms with Crippen LogP contribution in [0.3, 0.4) is 0 Å². The first-order valence-corrected chi connectivity index (χ1v) is 7.05. The van der Waals surface area contributed by atoms with E-state index in [1.54, 1.807) is 0 Å². The summed E-state index contributed by atoms with van der Waals surface area (Å²) in [5.74, 6) is -1.28. The van der Waals surface area contributed by atoms with Crippen LogP contribution in [0.1, 0.15) is 6.42 Å². The van der Waals surface area contributed by atoms with Gasteiger partial charge < -0.3 is 5.11 Å². The van der Waals surface area contributed by atoms with Gasteiger partial charge in [0.2, 0.25) is 0 Å². The van der Waals surface area contributed by atoms with E-state index < -0.39 is 16.2 Å². The minimum Gasteiger partial charge on any atom is -0.481 e. The Balaban J connectivity index is 2.84. The number of carboxylic acid groups (broad SMARTS) is 1. The Morgan fingerprint density at radius 1 is 1.47 bits per heavy atom. The van der Waals surface area contributed by atoms with Gasteiger partial charge in [0.05, 0.1) is 6.42 Å². The number of aliphatic carboxylic acids is 1. The molecule has 0 bridgehead atoms. The van der Waals surface area contributed by atoms with Crippen LogP contribution in [-0.2, 0) is 15.0 Å². The number of hydrogen-bond donors (Lipinski definition) is 2. The van der Waals surface area contributed by atoms with Crippen molar-refractivity contribution in [3.8, 4) is 0 Å². The maximum Gasteiger partial charge on any atom is 0.304 e. The molecular formula is C8H10Cl2N4O4S. The zero-order chi connectivity index (χ0) is 14.6. The fourth-order valence-electron chi connectivity index (χ4n) is 0.993. The van der Waals surface area contributed by atoms with Crippen LogP contribution in [0.5, 0.6) is 0 Å². The Hall–Kier alpha value is -1.16. The van der Waals surface area contributed by atoms with E-state index in [9.17, 15) is 13.2 Å². The van der Waals surface area contributed by atoms with Crippen molar-refractivity contribution in [1.29, 1.82) is 0 Å². The third kappa shape index (κ3) is 4.46. The summed E-state index contributed by atoms with van der Waals surface area (Å²) in [7, 11) is -2.74. The molecule has 0 saturated heterocycles. The number of rotatable bonds is 6. The molecule has 0 unspecified atom stereocenters. The van der Waals surface area contributed by atoms with Crippen LogP contribution in [0.25, 0.3) is 0 Å². The molecule has 0 atom stereocenters. The minimum absolute atomic E-state index is 0.0949. The lowest BCUT2D eigenvalue weighted by Crippen LogP contribution is -2.34. The molecule has 19 heavy (non-hydrogen) atoms. The molecule has 1 heterocycles. The number of carboxylic acids is 1. The predicted octanol–water partition coefficient (Wildman–Crippen LogP) is 0.847. The van der Waals surface area contributed by atoms with E-state index in [4.69, 9.17) is 28.3 Å². The van der Waals surface area contributed by atoms with Crippen LogP contribution in [0, 0.1) is 0 Å². The van der Waals surface area contributed by atoms with Crippen LogP contribution in [-0.4, -0.2) is 47.4 Å². The molecule has 1 aromatic heterocycles. The second-order valence-electron chi connectivity index (χ2n) is 3.40. The minimum atomic E-state index is -3.96. The van der Waals surface area contributed by atoms with Crippen molar-refractivity contribution in [3.05, 3.63) is 16.5 Å². The molecule has 1 rings (SSSR count). The van der Waals surface area contributed by atoms with Gasteiger partial charge in [-0.05, 0) is 0 Å². The molecule has 0 aliphatic heterocycles. The fraction of sp³-hybridized carbons (Fsp3) is 0.375. The highest BCUT2D eigenvalue weighted by atomic mass is 35.5. The van der Waals surface area contributed by atoms with Crippen LogP contribution in [0.4, 0.5) is 5.82 Å². The van der Waals surface area contributed by atoms with E-state index >= 15 is 0 Å². The van der Waals surface area contributed by atoms with Gasteiger partial charge in [-0.25, -0.2) is 9.97 Å². The maximum atomic E-state index is 11.8. The maximum absolute atomic E-state index is 11.8. The summed E-state index contributed by atoms with van der Waals surface area (Å²) >= 11 is 11.4. The molecular weight excluding hydrogens is 319 g/mol. The zero-order valence-corrected chi connectivity index (χ0v) is 12.0. The van der Waals surface area contributed by atoms with Crippen LogP contribution in [0.2, 0.25) is 10.2 Å². The first-order valence-electron chi connectivity index (χ1n) is 4.86. The van der Waals surface area contributed by atoms with E-state index in [-0.39, 0.29) is 29.0 Å². The quantitative estimate of drug-likeness (QED) is 0.748. The van der Waals surface area contributed by atoms with Crippen molar-refractivity contribution in [3.63, 3.8) is 0 Å². The topological polar surface area (TPSA) is 112 Å². The number of aromatic nitrogens is 2. The Kier molecular flexibility index (Phi) is 5.29. The van der Waals surface area contributed by atoms with Crippen LogP contribution >= 0.6 is 23.2 Å². The van der Waals surface area contributed by atoms with Crippen molar-refractivity contribution >= 4 is 45.2 Å². The lowest BCUT2D eigenvalue weighted by Gasteiger charge is -2.17. The molecule has 0 saturated carbocycles. The smallest absolute Gasteiger partial charge is 0.304 e. The first kappa shape index (κ1) is 15.9. The first-order chi connectivity index (χ1) is 8.74. The SMILES string of the molecule is CN(CCC(=O)O)S(=O)(=O)Nc1ncnc(Cl)c1Cl. The van der Waals surface area contributed by atoms with Gasteiger partial charge in [-0.3, -0.25) is 9.52 Å². The second kappa shape index (κ2) is 6.33. The van der Waals surface area contributed by atoms with Crippen molar-refractivity contribution in [2.75, 3.05) is 18.3 Å². The monoisotopic (exact) mass is 328 g/mol. The number of anilines is 1. The molecule has 1 aromatic rings. The predicted molar refractivity (Wildman–Crippen MR) is 69.5 cm³/mol. The summed E-state index contributed by atoms with van der Waals surface area (Å²) in [6, 6.07) is 0. The summed E-state index contributed by atoms with van der Waals surface area (Å²) in [5, 5.41) is 8.26. The number of nitrogens with zero attached hydrogens (tertiary/aromatic N) is 3. The fourth-order valence-corrected chi connectivity index (χ4v) is 2.21. The highest BCUT2D eigenvalue weighted by molar-refractivity contribution is 7.90. The summed E-state index contributed by atoms with van der Waals surface area (Å²) in [4.78, 5) is 17.6. The normalized spacial score (nSPS) is 11.6. The Morgan fingerprint density at radius 3 is 2.68 bits per heavy atom. The molecule has 0 fully saturated rings. The number of hydrogen-bond acceptors (Lipinski definition) is 5. The summed E-state index contributed by atoms with van der Waals surface area (Å²) in [6.07, 6.45) is 0.721. The van der Waals surface area contributed by atoms with Gasteiger partial charge in [0.25, 0.3) is 0 Å². The van der Waals surface area contributed by atoms with Gasteiger partial charge in [-0.2, -0.15) is 12.7 Å². The third-order valence-corrected chi connectivity index (χ3v) is 4.22. The van der Waals surface area contributed by atoms with Gasteiger partial charge in [0.15, 0.2) is 11.0 Å². The van der Waals surface area contributed by atoms with Gasteiger partial charge in [-0.15, -0.1) is 0 Å². The molecule has 2 N–H and O–H groups in total. The van der Waals surface area contributed by atoms with Crippen molar-refractivity contribution in [1.82, 2.24) is 14.3 Å². The van der Waals surface area contributed by atoms with Crippen LogP contribution in [0.15, 0.2) is 6.33 Å². The van der Waals surface area contributed by atoms with Gasteiger partial charge in [0, 0.05) is 13.6 Å². The van der Waals surface area contributed by atoms with Gasteiger partial charge in [0.1, 0.15) is 11.3 Å².